The van der Waals surface area contributed by atoms with Gasteiger partial charge in [-0.1, -0.05) is 24.3 Å². The van der Waals surface area contributed by atoms with Gasteiger partial charge in [0, 0.05) is 50.6 Å². The maximum atomic E-state index is 14.9. The van der Waals surface area contributed by atoms with Crippen LogP contribution < -0.4 is 10.6 Å². The first-order valence-corrected chi connectivity index (χ1v) is 20.0. The number of aromatic nitrogens is 1. The summed E-state index contributed by atoms with van der Waals surface area (Å²) in [7, 11) is 0. The van der Waals surface area contributed by atoms with Gasteiger partial charge in [-0.3, -0.25) is 24.1 Å². The summed E-state index contributed by atoms with van der Waals surface area (Å²) in [6.07, 6.45) is 5.87. The molecule has 3 heterocycles. The third kappa shape index (κ3) is 8.70. The highest BCUT2D eigenvalue weighted by molar-refractivity contribution is 8.00. The Balaban J connectivity index is 1.05. The van der Waals surface area contributed by atoms with Gasteiger partial charge in [-0.15, -0.1) is 11.3 Å². The molecule has 4 unspecified atom stereocenters. The molecule has 50 heavy (non-hydrogen) atoms. The van der Waals surface area contributed by atoms with E-state index in [9.17, 15) is 23.6 Å². The molecule has 2 aromatic rings. The van der Waals surface area contributed by atoms with Crippen LogP contribution in [0, 0.1) is 18.8 Å². The van der Waals surface area contributed by atoms with E-state index in [4.69, 9.17) is 0 Å². The number of rotatable bonds is 14. The van der Waals surface area contributed by atoms with E-state index in [0.717, 1.165) is 85.8 Å². The summed E-state index contributed by atoms with van der Waals surface area (Å²) in [6.45, 7) is 11.1. The number of hydrogen-bond donors (Lipinski definition) is 2. The van der Waals surface area contributed by atoms with E-state index in [1.807, 2.05) is 55.4 Å². The molecule has 2 saturated heterocycles. The van der Waals surface area contributed by atoms with E-state index >= 15 is 0 Å². The highest BCUT2D eigenvalue weighted by Crippen LogP contribution is 2.42. The van der Waals surface area contributed by atoms with Crippen LogP contribution in [0.2, 0.25) is 0 Å². The number of amides is 4. The van der Waals surface area contributed by atoms with Crippen LogP contribution >= 0.6 is 23.1 Å². The van der Waals surface area contributed by atoms with Crippen molar-refractivity contribution in [1.82, 2.24) is 30.3 Å². The minimum absolute atomic E-state index is 0.167. The van der Waals surface area contributed by atoms with Gasteiger partial charge >= 0.3 is 0 Å². The van der Waals surface area contributed by atoms with Gasteiger partial charge in [0.1, 0.15) is 12.1 Å². The molecule has 1 aromatic carbocycles. The fourth-order valence-electron chi connectivity index (χ4n) is 7.59. The number of thioether (sulfide) groups is 1. The van der Waals surface area contributed by atoms with Gasteiger partial charge < -0.3 is 20.4 Å². The second kappa shape index (κ2) is 15.7. The summed E-state index contributed by atoms with van der Waals surface area (Å²) in [6, 6.07) is 6.43. The molecule has 4 aliphatic rings. The molecule has 0 radical (unpaired) electrons. The molecule has 0 spiro atoms. The largest absolute Gasteiger partial charge is 0.350 e. The van der Waals surface area contributed by atoms with Gasteiger partial charge in [-0.05, 0) is 94.4 Å². The lowest BCUT2D eigenvalue weighted by Crippen LogP contribution is -2.61. The van der Waals surface area contributed by atoms with E-state index in [-0.39, 0.29) is 24.7 Å². The maximum Gasteiger partial charge on any atom is 0.258 e. The number of carbonyl (C=O) groups excluding carboxylic acids is 4. The van der Waals surface area contributed by atoms with Gasteiger partial charge in [0.15, 0.2) is 5.67 Å². The third-order valence-electron chi connectivity index (χ3n) is 11.0. The van der Waals surface area contributed by atoms with Crippen molar-refractivity contribution in [3.8, 4) is 10.4 Å². The number of piperazine rings is 1. The summed E-state index contributed by atoms with van der Waals surface area (Å²) in [4.78, 5) is 63.3. The van der Waals surface area contributed by atoms with Crippen LogP contribution in [0.15, 0.2) is 29.8 Å². The Hall–Kier alpha value is -3.03. The predicted molar refractivity (Wildman–Crippen MR) is 195 cm³/mol. The Bertz CT molecular complexity index is 1520. The van der Waals surface area contributed by atoms with Gasteiger partial charge in [-0.25, -0.2) is 9.37 Å². The van der Waals surface area contributed by atoms with Crippen molar-refractivity contribution in [3.63, 3.8) is 0 Å². The van der Waals surface area contributed by atoms with Crippen molar-refractivity contribution < 1.29 is 23.6 Å². The smallest absolute Gasteiger partial charge is 0.258 e. The second-order valence-corrected chi connectivity index (χ2v) is 17.7. The average Bonchev–Trinajstić information content (AvgIpc) is 3.48. The van der Waals surface area contributed by atoms with Gasteiger partial charge in [0.25, 0.3) is 5.91 Å². The van der Waals surface area contributed by atoms with E-state index in [1.54, 1.807) is 28.0 Å². The number of carbonyl (C=O) groups is 4. The molecule has 10 nitrogen and oxygen atoms in total. The van der Waals surface area contributed by atoms with Crippen molar-refractivity contribution in [2.24, 2.45) is 11.8 Å². The van der Waals surface area contributed by atoms with Gasteiger partial charge in [-0.2, -0.15) is 11.8 Å². The summed E-state index contributed by atoms with van der Waals surface area (Å²) in [5.74, 6) is 0.678. The number of halogens is 1. The molecule has 13 heteroatoms. The van der Waals surface area contributed by atoms with Crippen LogP contribution in [-0.2, 0) is 25.7 Å². The van der Waals surface area contributed by atoms with Crippen LogP contribution in [0.5, 0.6) is 0 Å². The topological polar surface area (TPSA) is 115 Å². The number of thiazole rings is 1. The SMILES string of the molecule is Cc1ncsc1-c1ccc(CNC(=O)C2CCCN2C(=O)C(NC(=O)C2(F)CC2)C(C)(C)SCC2CCC(CN3CCN(C=O)CC3)C2)cc1. The quantitative estimate of drug-likeness (QED) is 0.277. The Labute approximate surface area is 303 Å². The van der Waals surface area contributed by atoms with Crippen LogP contribution in [0.3, 0.4) is 0 Å². The molecule has 4 fully saturated rings. The van der Waals surface area contributed by atoms with E-state index < -0.39 is 28.4 Å². The number of nitrogens with one attached hydrogen (secondary N) is 2. The number of benzene rings is 1. The summed E-state index contributed by atoms with van der Waals surface area (Å²) < 4.78 is 14.2. The van der Waals surface area contributed by atoms with Crippen molar-refractivity contribution >= 4 is 47.2 Å². The normalized spacial score (nSPS) is 24.2. The zero-order valence-corrected chi connectivity index (χ0v) is 31.1. The molecule has 2 aliphatic heterocycles. The monoisotopic (exact) mass is 726 g/mol. The summed E-state index contributed by atoms with van der Waals surface area (Å²) in [5, 5.41) is 5.85. The first-order valence-electron chi connectivity index (χ1n) is 18.1. The number of nitrogens with zero attached hydrogens (tertiary/aromatic N) is 4. The van der Waals surface area contributed by atoms with Gasteiger partial charge in [0.05, 0.1) is 16.1 Å². The van der Waals surface area contributed by atoms with Crippen molar-refractivity contribution in [2.45, 2.75) is 94.8 Å². The zero-order chi connectivity index (χ0) is 35.5. The first-order chi connectivity index (χ1) is 24.0. The third-order valence-corrected chi connectivity index (χ3v) is 13.6. The molecule has 2 aliphatic carbocycles. The van der Waals surface area contributed by atoms with Crippen LogP contribution in [-0.4, -0.2) is 111 Å². The minimum Gasteiger partial charge on any atom is -0.350 e. The standard InChI is InChI=1S/C37H51FN6O4S2/c1-25-31(49-23-40-25)29-10-8-26(9-11-29)20-39-33(46)30-5-4-14-44(30)34(47)32(41-35(48)37(38)12-13-37)36(2,3)50-22-28-7-6-27(19-28)21-42-15-17-43(24-45)18-16-42/h8-11,23-24,27-28,30,32H,4-7,12-22H2,1-3H3,(H,39,46)(H,41,48). The molecule has 4 atom stereocenters. The molecular weight excluding hydrogens is 676 g/mol. The minimum atomic E-state index is -1.91. The summed E-state index contributed by atoms with van der Waals surface area (Å²) in [5.41, 5.74) is 2.95. The van der Waals surface area contributed by atoms with Crippen LogP contribution in [0.1, 0.15) is 70.1 Å². The fourth-order valence-corrected chi connectivity index (χ4v) is 9.69. The number of hydrogen-bond acceptors (Lipinski definition) is 8. The maximum absolute atomic E-state index is 14.9. The molecule has 2 N–H and O–H groups in total. The number of aryl methyl sites for hydroxylation is 1. The van der Waals surface area contributed by atoms with E-state index in [2.05, 4.69) is 20.5 Å². The fraction of sp³-hybridized carbons (Fsp3) is 0.649. The molecule has 6 rings (SSSR count). The number of alkyl halides is 1. The highest BCUT2D eigenvalue weighted by atomic mass is 32.2. The molecule has 272 valence electrons. The van der Waals surface area contributed by atoms with Gasteiger partial charge in [0.2, 0.25) is 18.2 Å². The molecule has 0 bridgehead atoms. The van der Waals surface area contributed by atoms with Crippen LogP contribution in [0.25, 0.3) is 10.4 Å². The Morgan fingerprint density at radius 3 is 2.46 bits per heavy atom. The lowest BCUT2D eigenvalue weighted by Gasteiger charge is -2.38. The molecule has 2 saturated carbocycles. The van der Waals surface area contributed by atoms with Crippen molar-refractivity contribution in [2.75, 3.05) is 45.0 Å². The molecule has 1 aromatic heterocycles. The lowest BCUT2D eigenvalue weighted by molar-refractivity contribution is -0.143. The van der Waals surface area contributed by atoms with Crippen molar-refractivity contribution in [3.05, 3.63) is 41.0 Å². The molecule has 4 amide bonds. The Kier molecular flexibility index (Phi) is 11.5. The Morgan fingerprint density at radius 1 is 1.08 bits per heavy atom. The second-order valence-electron chi connectivity index (χ2n) is 15.1. The average molecular weight is 727 g/mol. The molecular formula is C37H51FN6O4S2. The van der Waals surface area contributed by atoms with Crippen molar-refractivity contribution in [1.29, 1.82) is 0 Å². The van der Waals surface area contributed by atoms with E-state index in [1.165, 1.54) is 0 Å². The van der Waals surface area contributed by atoms with Crippen LogP contribution in [0.4, 0.5) is 4.39 Å². The number of likely N-dealkylation sites (tertiary alicyclic amines) is 1. The zero-order valence-electron chi connectivity index (χ0n) is 29.5. The highest BCUT2D eigenvalue weighted by Gasteiger charge is 2.53. The predicted octanol–water partition coefficient (Wildman–Crippen LogP) is 4.41. The Morgan fingerprint density at radius 2 is 1.80 bits per heavy atom. The lowest BCUT2D eigenvalue weighted by atomic mass is 10.00. The van der Waals surface area contributed by atoms with E-state index in [0.29, 0.717) is 37.8 Å². The summed E-state index contributed by atoms with van der Waals surface area (Å²) >= 11 is 3.26. The first kappa shape index (κ1) is 36.8.